The van der Waals surface area contributed by atoms with Crippen molar-refractivity contribution in [2.24, 2.45) is 11.8 Å². The maximum Gasteiger partial charge on any atom is 1.00 e. The van der Waals surface area contributed by atoms with Gasteiger partial charge in [0.05, 0.1) is 0 Å². The normalized spacial score (nSPS) is 17.8. The van der Waals surface area contributed by atoms with Crippen LogP contribution >= 0.6 is 11.8 Å². The molecule has 0 bridgehead atoms. The molecule has 5 nitrogen and oxygen atoms in total. The molecule has 7 heteroatoms. The van der Waals surface area contributed by atoms with Crippen molar-refractivity contribution in [1.82, 2.24) is 10.6 Å². The summed E-state index contributed by atoms with van der Waals surface area (Å²) in [6.45, 7) is 2.84. The third-order valence-electron chi connectivity index (χ3n) is 9.08. The van der Waals surface area contributed by atoms with E-state index in [0.717, 1.165) is 40.6 Å². The predicted octanol–water partition coefficient (Wildman–Crippen LogP) is 4.72. The van der Waals surface area contributed by atoms with E-state index < -0.39 is 12.0 Å². The summed E-state index contributed by atoms with van der Waals surface area (Å²) in [4.78, 5) is 25.3. The molecule has 0 saturated heterocycles. The van der Waals surface area contributed by atoms with Crippen LogP contribution < -0.4 is 29.5 Å². The maximum atomic E-state index is 13.4. The quantitative estimate of drug-likeness (QED) is 0.303. The minimum absolute atomic E-state index is 0. The van der Waals surface area contributed by atoms with Gasteiger partial charge < -0.3 is 17.2 Å². The van der Waals surface area contributed by atoms with Gasteiger partial charge in [0.25, 0.3) is 5.91 Å². The van der Waals surface area contributed by atoms with Crippen LogP contribution in [0.25, 0.3) is 11.1 Å². The van der Waals surface area contributed by atoms with Gasteiger partial charge in [-0.3, -0.25) is 4.79 Å². The fraction of sp³-hybridized carbons (Fsp3) is 0.588. The maximum absolute atomic E-state index is 13.4. The molecule has 0 aliphatic heterocycles. The van der Waals surface area contributed by atoms with Gasteiger partial charge in [-0.2, -0.15) is 11.8 Å². The van der Waals surface area contributed by atoms with E-state index in [2.05, 4.69) is 35.8 Å². The van der Waals surface area contributed by atoms with Crippen LogP contribution in [0.4, 0.5) is 0 Å². The van der Waals surface area contributed by atoms with Gasteiger partial charge in [0, 0.05) is 18.2 Å². The Labute approximate surface area is 265 Å². The van der Waals surface area contributed by atoms with Crippen LogP contribution in [0.5, 0.6) is 0 Å². The van der Waals surface area contributed by atoms with Crippen LogP contribution in [0.1, 0.15) is 100.0 Å². The van der Waals surface area contributed by atoms with Gasteiger partial charge in [0.2, 0.25) is 0 Å². The monoisotopic (exact) mass is 572 g/mol. The number of hydrogen-bond acceptors (Lipinski definition) is 4. The Morgan fingerprint density at radius 1 is 0.976 bits per heavy atom. The fourth-order valence-electron chi connectivity index (χ4n) is 6.74. The molecule has 2 aliphatic carbocycles. The summed E-state index contributed by atoms with van der Waals surface area (Å²) in [7, 11) is 0. The summed E-state index contributed by atoms with van der Waals surface area (Å²) in [6.07, 6.45) is 17.3. The average Bonchev–Trinajstić information content (AvgIpc) is 2.98. The number of benzene rings is 2. The van der Waals surface area contributed by atoms with Crippen LogP contribution in [0.2, 0.25) is 0 Å². The number of aryl methyl sites for hydroxylation is 1. The minimum atomic E-state index is -0.993. The molecule has 1 unspecified atom stereocenters. The molecule has 2 fully saturated rings. The Kier molecular flexibility index (Phi) is 14.4. The summed E-state index contributed by atoms with van der Waals surface area (Å²) >= 11 is 1.58. The molecule has 2 aromatic carbocycles. The summed E-state index contributed by atoms with van der Waals surface area (Å²) in [5, 5.41) is 16.5. The van der Waals surface area contributed by atoms with Gasteiger partial charge >= 0.3 is 24.8 Å². The van der Waals surface area contributed by atoms with Gasteiger partial charge in [-0.05, 0) is 90.8 Å². The molecule has 2 atom stereocenters. The van der Waals surface area contributed by atoms with Gasteiger partial charge in [0.15, 0.2) is 0 Å². The van der Waals surface area contributed by atoms with E-state index in [1.807, 2.05) is 30.5 Å². The smallest absolute Gasteiger partial charge is 1.00 e. The molecule has 1 amide bonds. The van der Waals surface area contributed by atoms with Crippen molar-refractivity contribution >= 4 is 23.6 Å². The topological polar surface area (TPSA) is 78.4 Å². The SMILES string of the molecule is CSCC[C@H](NC(=O)c1ccc(CNC(CC2CCCCC2)C2CCCCC2)cc1-c1ccccc1C)C(=O)O.[H-].[Li+]. The summed E-state index contributed by atoms with van der Waals surface area (Å²) < 4.78 is 0. The van der Waals surface area contributed by atoms with Crippen molar-refractivity contribution < 1.29 is 35.0 Å². The van der Waals surface area contributed by atoms with Gasteiger partial charge in [0.1, 0.15) is 6.04 Å². The second-order valence-electron chi connectivity index (χ2n) is 12.0. The first kappa shape index (κ1) is 33.8. The Balaban J connectivity index is 0.00000308. The number of nitrogens with one attached hydrogen (secondary N) is 2. The first-order chi connectivity index (χ1) is 19.5. The second-order valence-corrected chi connectivity index (χ2v) is 13.0. The van der Waals surface area contributed by atoms with Crippen molar-refractivity contribution in [2.75, 3.05) is 12.0 Å². The number of carbonyl (C=O) groups excluding carboxylic acids is 1. The van der Waals surface area contributed by atoms with E-state index in [1.54, 1.807) is 11.8 Å². The molecular weight excluding hydrogens is 523 g/mol. The average molecular weight is 573 g/mol. The molecule has 3 N–H and O–H groups in total. The molecule has 0 spiro atoms. The predicted molar refractivity (Wildman–Crippen MR) is 168 cm³/mol. The molecule has 0 aromatic heterocycles. The zero-order valence-electron chi connectivity index (χ0n) is 26.4. The molecule has 0 radical (unpaired) electrons. The summed E-state index contributed by atoms with van der Waals surface area (Å²) in [5.74, 6) is 0.951. The van der Waals surface area contributed by atoms with Crippen LogP contribution in [0.15, 0.2) is 42.5 Å². The van der Waals surface area contributed by atoms with E-state index in [4.69, 9.17) is 0 Å². The van der Waals surface area contributed by atoms with Gasteiger partial charge in [-0.1, -0.05) is 81.7 Å². The van der Waals surface area contributed by atoms with E-state index >= 15 is 0 Å². The Morgan fingerprint density at radius 2 is 1.66 bits per heavy atom. The molecular formula is C34H49LiN2O3S. The zero-order valence-corrected chi connectivity index (χ0v) is 26.2. The number of hydrogen-bond donors (Lipinski definition) is 3. The van der Waals surface area contributed by atoms with Gasteiger partial charge in [-0.15, -0.1) is 0 Å². The van der Waals surface area contributed by atoms with Gasteiger partial charge in [-0.25, -0.2) is 4.79 Å². The first-order valence-electron chi connectivity index (χ1n) is 15.4. The van der Waals surface area contributed by atoms with Crippen molar-refractivity contribution in [1.29, 1.82) is 0 Å². The molecule has 2 saturated carbocycles. The second kappa shape index (κ2) is 17.4. The number of carbonyl (C=O) groups is 2. The minimum Gasteiger partial charge on any atom is -1.00 e. The van der Waals surface area contributed by atoms with Crippen LogP contribution in [-0.4, -0.2) is 41.1 Å². The zero-order chi connectivity index (χ0) is 28.3. The van der Waals surface area contributed by atoms with Crippen LogP contribution in [0.3, 0.4) is 0 Å². The van der Waals surface area contributed by atoms with Crippen molar-refractivity contribution in [2.45, 2.75) is 103 Å². The van der Waals surface area contributed by atoms with Crippen molar-refractivity contribution in [3.05, 3.63) is 59.2 Å². The Hall–Kier alpha value is -1.71. The number of amides is 1. The number of aliphatic carboxylic acids is 1. The molecule has 41 heavy (non-hydrogen) atoms. The van der Waals surface area contributed by atoms with E-state index in [9.17, 15) is 14.7 Å². The Morgan fingerprint density at radius 3 is 2.32 bits per heavy atom. The van der Waals surface area contributed by atoms with E-state index in [-0.39, 0.29) is 26.2 Å². The standard InChI is InChI=1S/C34H48N2O3S.Li.H/c1-24-11-9-10-16-28(24)30-21-26(17-18-29(30)33(37)36-31(34(38)39)19-20-40-2)23-35-32(27-14-7-4-8-15-27)22-25-12-5-3-6-13-25;;/h9-11,16-18,21,25,27,31-32,35H,3-8,12-15,19-20,22-23H2,1-2H3,(H,36,37)(H,38,39);;/q;+1;-1/t31-,32?;;/m0../s1. The van der Waals surface area contributed by atoms with Crippen LogP contribution in [-0.2, 0) is 11.3 Å². The largest absolute Gasteiger partial charge is 1.00 e. The first-order valence-corrected chi connectivity index (χ1v) is 16.8. The van der Waals surface area contributed by atoms with E-state index in [0.29, 0.717) is 23.8 Å². The van der Waals surface area contributed by atoms with Crippen LogP contribution in [0, 0.1) is 18.8 Å². The summed E-state index contributed by atoms with van der Waals surface area (Å²) in [5.41, 5.74) is 4.66. The number of carboxylic acids is 1. The summed E-state index contributed by atoms with van der Waals surface area (Å²) in [6, 6.07) is 13.8. The van der Waals surface area contributed by atoms with Crippen molar-refractivity contribution in [3.63, 3.8) is 0 Å². The number of rotatable bonds is 13. The number of carboxylic acid groups (broad SMARTS) is 1. The third-order valence-corrected chi connectivity index (χ3v) is 9.72. The van der Waals surface area contributed by atoms with E-state index in [1.165, 1.54) is 70.6 Å². The Bertz CT molecular complexity index is 1120. The number of thioether (sulfide) groups is 1. The molecule has 0 heterocycles. The molecule has 4 rings (SSSR count). The third kappa shape index (κ3) is 9.92. The molecule has 220 valence electrons. The molecule has 2 aromatic rings. The van der Waals surface area contributed by atoms with Crippen molar-refractivity contribution in [3.8, 4) is 11.1 Å². The molecule has 2 aliphatic rings. The fourth-order valence-corrected chi connectivity index (χ4v) is 7.21.